The molecular formula is C18H23FN2. The molecule has 0 aromatic heterocycles. The minimum Gasteiger partial charge on any atom is -0.373 e. The molecular weight excluding hydrogens is 263 g/mol. The highest BCUT2D eigenvalue weighted by molar-refractivity contribution is 5.46. The van der Waals surface area contributed by atoms with Crippen LogP contribution in [0, 0.1) is 5.82 Å². The molecule has 21 heavy (non-hydrogen) atoms. The molecule has 0 aliphatic heterocycles. The van der Waals surface area contributed by atoms with Crippen LogP contribution in [-0.4, -0.2) is 13.6 Å². The summed E-state index contributed by atoms with van der Waals surface area (Å²) in [6.45, 7) is 4.99. The van der Waals surface area contributed by atoms with Crippen molar-refractivity contribution in [2.75, 3.05) is 18.5 Å². The maximum Gasteiger partial charge on any atom is 0.125 e. The summed E-state index contributed by atoms with van der Waals surface area (Å²) in [6.07, 6.45) is 0. The molecule has 0 bridgehead atoms. The van der Waals surface area contributed by atoms with Crippen molar-refractivity contribution in [1.82, 2.24) is 0 Å². The summed E-state index contributed by atoms with van der Waals surface area (Å²) in [5.41, 5.74) is 9.51. The summed E-state index contributed by atoms with van der Waals surface area (Å²) >= 11 is 0. The molecule has 2 N–H and O–H groups in total. The van der Waals surface area contributed by atoms with E-state index >= 15 is 0 Å². The van der Waals surface area contributed by atoms with E-state index < -0.39 is 0 Å². The maximum absolute atomic E-state index is 13.3. The first-order chi connectivity index (χ1) is 9.97. The molecule has 3 heteroatoms. The maximum atomic E-state index is 13.3. The lowest BCUT2D eigenvalue weighted by Gasteiger charge is -2.24. The molecule has 2 aromatic rings. The monoisotopic (exact) mass is 286 g/mol. The topological polar surface area (TPSA) is 29.3 Å². The molecule has 2 nitrogen and oxygen atoms in total. The van der Waals surface area contributed by atoms with Gasteiger partial charge in [-0.05, 0) is 35.2 Å². The summed E-state index contributed by atoms with van der Waals surface area (Å²) in [4.78, 5) is 1.98. The fourth-order valence-corrected chi connectivity index (χ4v) is 2.35. The smallest absolute Gasteiger partial charge is 0.125 e. The Morgan fingerprint density at radius 1 is 1.05 bits per heavy atom. The van der Waals surface area contributed by atoms with E-state index in [0.717, 1.165) is 11.3 Å². The van der Waals surface area contributed by atoms with Crippen molar-refractivity contribution < 1.29 is 4.39 Å². The van der Waals surface area contributed by atoms with Crippen molar-refractivity contribution in [2.45, 2.75) is 25.8 Å². The number of likely N-dealkylation sites (N-methyl/N-ethyl adjacent to an activating group) is 1. The van der Waals surface area contributed by atoms with Crippen LogP contribution in [0.1, 0.15) is 36.9 Å². The number of rotatable bonds is 5. The lowest BCUT2D eigenvalue weighted by molar-refractivity contribution is 0.625. The molecule has 0 aliphatic rings. The van der Waals surface area contributed by atoms with Gasteiger partial charge in [0.25, 0.3) is 0 Å². The van der Waals surface area contributed by atoms with Crippen LogP contribution in [0.4, 0.5) is 10.1 Å². The first kappa shape index (κ1) is 15.5. The Kier molecular flexibility index (Phi) is 4.97. The highest BCUT2D eigenvalue weighted by Gasteiger charge is 2.11. The van der Waals surface area contributed by atoms with E-state index in [0.29, 0.717) is 12.5 Å². The van der Waals surface area contributed by atoms with Gasteiger partial charge in [-0.2, -0.15) is 0 Å². The van der Waals surface area contributed by atoms with E-state index in [-0.39, 0.29) is 11.9 Å². The molecule has 0 spiro atoms. The van der Waals surface area contributed by atoms with E-state index in [2.05, 4.69) is 38.1 Å². The van der Waals surface area contributed by atoms with E-state index in [1.807, 2.05) is 18.0 Å². The third-order valence-electron chi connectivity index (χ3n) is 3.75. The molecule has 0 aliphatic carbocycles. The molecule has 0 amide bonds. The molecule has 2 rings (SSSR count). The van der Waals surface area contributed by atoms with Gasteiger partial charge in [-0.25, -0.2) is 4.39 Å². The molecule has 0 radical (unpaired) electrons. The normalized spacial score (nSPS) is 12.5. The second-order valence-electron chi connectivity index (χ2n) is 5.79. The van der Waals surface area contributed by atoms with Crippen LogP contribution in [0.25, 0.3) is 0 Å². The van der Waals surface area contributed by atoms with E-state index in [4.69, 9.17) is 5.73 Å². The van der Waals surface area contributed by atoms with Crippen molar-refractivity contribution in [3.63, 3.8) is 0 Å². The van der Waals surface area contributed by atoms with Gasteiger partial charge < -0.3 is 10.6 Å². The average Bonchev–Trinajstić information content (AvgIpc) is 2.47. The Morgan fingerprint density at radius 2 is 1.67 bits per heavy atom. The molecule has 0 fully saturated rings. The lowest BCUT2D eigenvalue weighted by atomic mass is 9.99. The lowest BCUT2D eigenvalue weighted by Crippen LogP contribution is -2.29. The Bertz CT molecular complexity index is 578. The van der Waals surface area contributed by atoms with Gasteiger partial charge in [-0.15, -0.1) is 0 Å². The Hall–Kier alpha value is -1.87. The van der Waals surface area contributed by atoms with Crippen molar-refractivity contribution in [3.8, 4) is 0 Å². The first-order valence-electron chi connectivity index (χ1n) is 7.29. The summed E-state index contributed by atoms with van der Waals surface area (Å²) in [5, 5.41) is 0. The molecule has 1 atom stereocenters. The predicted molar refractivity (Wildman–Crippen MR) is 87.1 cm³/mol. The van der Waals surface area contributed by atoms with Crippen LogP contribution in [0.5, 0.6) is 0 Å². The van der Waals surface area contributed by atoms with Crippen molar-refractivity contribution >= 4 is 5.69 Å². The van der Waals surface area contributed by atoms with E-state index in [1.54, 1.807) is 6.07 Å². The van der Waals surface area contributed by atoms with Crippen LogP contribution in [0.2, 0.25) is 0 Å². The zero-order chi connectivity index (χ0) is 15.4. The summed E-state index contributed by atoms with van der Waals surface area (Å²) in [7, 11) is 1.93. The van der Waals surface area contributed by atoms with Crippen LogP contribution >= 0.6 is 0 Å². The van der Waals surface area contributed by atoms with Gasteiger partial charge in [0, 0.05) is 25.3 Å². The molecule has 1 unspecified atom stereocenters. The number of halogens is 1. The quantitative estimate of drug-likeness (QED) is 0.897. The molecule has 112 valence electrons. The number of hydrogen-bond acceptors (Lipinski definition) is 2. The second-order valence-corrected chi connectivity index (χ2v) is 5.79. The van der Waals surface area contributed by atoms with Gasteiger partial charge in [-0.3, -0.25) is 0 Å². The summed E-state index contributed by atoms with van der Waals surface area (Å²) in [6, 6.07) is 14.9. The fraction of sp³-hybridized carbons (Fsp3) is 0.333. The van der Waals surface area contributed by atoms with Gasteiger partial charge in [0.2, 0.25) is 0 Å². The van der Waals surface area contributed by atoms with Gasteiger partial charge >= 0.3 is 0 Å². The SMILES string of the molecule is CC(C)c1ccc(C(N)CN(C)c2cccc(F)c2)cc1. The fourth-order valence-electron chi connectivity index (χ4n) is 2.35. The van der Waals surface area contributed by atoms with Crippen molar-refractivity contribution in [2.24, 2.45) is 5.73 Å². The van der Waals surface area contributed by atoms with Crippen LogP contribution in [0.15, 0.2) is 48.5 Å². The van der Waals surface area contributed by atoms with Gasteiger partial charge in [0.1, 0.15) is 5.82 Å². The van der Waals surface area contributed by atoms with Crippen molar-refractivity contribution in [1.29, 1.82) is 0 Å². The standard InChI is InChI=1S/C18H23FN2/c1-13(2)14-7-9-15(10-8-14)18(20)12-21(3)17-6-4-5-16(19)11-17/h4-11,13,18H,12,20H2,1-3H3. The Balaban J connectivity index is 2.05. The minimum atomic E-state index is -0.228. The van der Waals surface area contributed by atoms with Gasteiger partial charge in [0.05, 0.1) is 0 Å². The van der Waals surface area contributed by atoms with E-state index in [9.17, 15) is 4.39 Å². The third-order valence-corrected chi connectivity index (χ3v) is 3.75. The minimum absolute atomic E-state index is 0.0977. The molecule has 0 saturated heterocycles. The highest BCUT2D eigenvalue weighted by atomic mass is 19.1. The third kappa shape index (κ3) is 4.05. The summed E-state index contributed by atoms with van der Waals surface area (Å²) < 4.78 is 13.3. The van der Waals surface area contributed by atoms with Gasteiger partial charge in [0.15, 0.2) is 0 Å². The molecule has 0 heterocycles. The Morgan fingerprint density at radius 3 is 2.24 bits per heavy atom. The molecule has 2 aromatic carbocycles. The predicted octanol–water partition coefficient (Wildman–Crippen LogP) is 4.09. The zero-order valence-corrected chi connectivity index (χ0v) is 12.9. The first-order valence-corrected chi connectivity index (χ1v) is 7.29. The Labute approximate surface area is 126 Å². The van der Waals surface area contributed by atoms with Crippen molar-refractivity contribution in [3.05, 3.63) is 65.5 Å². The number of hydrogen-bond donors (Lipinski definition) is 1. The number of anilines is 1. The van der Waals surface area contributed by atoms with Crippen LogP contribution in [-0.2, 0) is 0 Å². The molecule has 0 saturated carbocycles. The zero-order valence-electron chi connectivity index (χ0n) is 12.9. The largest absolute Gasteiger partial charge is 0.373 e. The van der Waals surface area contributed by atoms with Crippen LogP contribution in [0.3, 0.4) is 0 Å². The number of benzene rings is 2. The summed E-state index contributed by atoms with van der Waals surface area (Å²) in [5.74, 6) is 0.291. The number of nitrogens with two attached hydrogens (primary N) is 1. The number of nitrogens with zero attached hydrogens (tertiary/aromatic N) is 1. The van der Waals surface area contributed by atoms with E-state index in [1.165, 1.54) is 17.7 Å². The van der Waals surface area contributed by atoms with Crippen LogP contribution < -0.4 is 10.6 Å². The highest BCUT2D eigenvalue weighted by Crippen LogP contribution is 2.20. The van der Waals surface area contributed by atoms with Gasteiger partial charge in [-0.1, -0.05) is 44.2 Å². The average molecular weight is 286 g/mol. The second kappa shape index (κ2) is 6.72.